The van der Waals surface area contributed by atoms with Gasteiger partial charge in [0.25, 0.3) is 5.69 Å². The average Bonchev–Trinajstić information content (AvgIpc) is 2.75. The largest absolute Gasteiger partial charge is 0.381 e. The summed E-state index contributed by atoms with van der Waals surface area (Å²) in [6.07, 6.45) is 3.18. The van der Waals surface area contributed by atoms with E-state index in [2.05, 4.69) is 15.3 Å². The minimum atomic E-state index is -0.376. The summed E-state index contributed by atoms with van der Waals surface area (Å²) in [6.45, 7) is 5.74. The summed E-state index contributed by atoms with van der Waals surface area (Å²) >= 11 is 0. The van der Waals surface area contributed by atoms with Crippen LogP contribution >= 0.6 is 0 Å². The maximum Gasteiger partial charge on any atom is 0.278 e. The highest BCUT2D eigenvalue weighted by atomic mass is 16.6. The van der Waals surface area contributed by atoms with Crippen LogP contribution in [0.25, 0.3) is 0 Å². The van der Waals surface area contributed by atoms with E-state index in [4.69, 9.17) is 5.73 Å². The Balaban J connectivity index is 2.41. The van der Waals surface area contributed by atoms with Gasteiger partial charge in [0.05, 0.1) is 28.4 Å². The number of rotatable bonds is 5. The molecule has 0 aromatic carbocycles. The third-order valence-electron chi connectivity index (χ3n) is 3.41. The number of nitrogen functional groups attached to an aromatic ring is 1. The number of hydrogen-bond acceptors (Lipinski definition) is 6. The van der Waals surface area contributed by atoms with Gasteiger partial charge in [-0.25, -0.2) is 4.68 Å². The second kappa shape index (κ2) is 5.86. The predicted octanol–water partition coefficient (Wildman–Crippen LogP) is 1.78. The van der Waals surface area contributed by atoms with E-state index in [0.29, 0.717) is 29.2 Å². The number of anilines is 1. The lowest BCUT2D eigenvalue weighted by Gasteiger charge is -2.09. The molecule has 0 bridgehead atoms. The van der Waals surface area contributed by atoms with Crippen LogP contribution in [0.3, 0.4) is 0 Å². The molecular formula is C13H18N6O2. The zero-order valence-corrected chi connectivity index (χ0v) is 12.3. The van der Waals surface area contributed by atoms with E-state index in [9.17, 15) is 10.1 Å². The Hall–Kier alpha value is -2.51. The van der Waals surface area contributed by atoms with Crippen molar-refractivity contribution in [1.82, 2.24) is 20.0 Å². The van der Waals surface area contributed by atoms with Crippen LogP contribution in [-0.2, 0) is 13.0 Å². The molecule has 2 aromatic rings. The first kappa shape index (κ1) is 14.9. The van der Waals surface area contributed by atoms with E-state index in [1.807, 2.05) is 6.92 Å². The number of pyridine rings is 1. The summed E-state index contributed by atoms with van der Waals surface area (Å²) in [5.41, 5.74) is 8.44. The molecule has 0 atom stereocenters. The number of nitrogens with zero attached hydrogens (tertiary/aromatic N) is 5. The molecule has 0 aliphatic heterocycles. The number of hydrogen-bond donors (Lipinski definition) is 1. The Morgan fingerprint density at radius 3 is 2.76 bits per heavy atom. The molecule has 0 saturated carbocycles. The highest BCUT2D eigenvalue weighted by Gasteiger charge is 2.20. The second-order valence-electron chi connectivity index (χ2n) is 4.95. The molecule has 0 aliphatic rings. The molecule has 2 heterocycles. The molecule has 8 nitrogen and oxygen atoms in total. The first-order valence-corrected chi connectivity index (χ1v) is 6.73. The predicted molar refractivity (Wildman–Crippen MR) is 77.9 cm³/mol. The Kier molecular flexibility index (Phi) is 4.15. The summed E-state index contributed by atoms with van der Waals surface area (Å²) in [5.74, 6) is 0.399. The van der Waals surface area contributed by atoms with Gasteiger partial charge in [-0.3, -0.25) is 15.1 Å². The maximum atomic E-state index is 11.1. The van der Waals surface area contributed by atoms with Crippen molar-refractivity contribution in [2.45, 2.75) is 40.2 Å². The first-order valence-electron chi connectivity index (χ1n) is 6.73. The van der Waals surface area contributed by atoms with Gasteiger partial charge in [-0.15, -0.1) is 5.10 Å². The molecule has 0 aliphatic carbocycles. The van der Waals surface area contributed by atoms with Crippen LogP contribution in [0.2, 0.25) is 0 Å². The van der Waals surface area contributed by atoms with Gasteiger partial charge in [0.2, 0.25) is 0 Å². The smallest absolute Gasteiger partial charge is 0.278 e. The van der Waals surface area contributed by atoms with Crippen molar-refractivity contribution in [3.8, 4) is 0 Å². The molecule has 112 valence electrons. The standard InChI is InChI=1S/C13H18N6O2/c1-4-5-11-13(14)16-17-18(11)7-10-9(3)12(19(20)21)8(2)6-15-10/h6H,4-5,7,14H2,1-3H3. The molecule has 0 unspecified atom stereocenters. The third-order valence-corrected chi connectivity index (χ3v) is 3.41. The summed E-state index contributed by atoms with van der Waals surface area (Å²) in [7, 11) is 0. The number of nitro groups is 1. The molecule has 0 spiro atoms. The van der Waals surface area contributed by atoms with Crippen molar-refractivity contribution >= 4 is 11.5 Å². The highest BCUT2D eigenvalue weighted by molar-refractivity contribution is 5.47. The normalized spacial score (nSPS) is 10.8. The van der Waals surface area contributed by atoms with Crippen molar-refractivity contribution in [2.75, 3.05) is 5.73 Å². The van der Waals surface area contributed by atoms with Gasteiger partial charge in [0.15, 0.2) is 5.82 Å². The zero-order chi connectivity index (χ0) is 15.6. The summed E-state index contributed by atoms with van der Waals surface area (Å²) < 4.78 is 1.66. The van der Waals surface area contributed by atoms with Crippen LogP contribution in [0.5, 0.6) is 0 Å². The molecule has 2 aromatic heterocycles. The summed E-state index contributed by atoms with van der Waals surface area (Å²) in [6, 6.07) is 0. The van der Waals surface area contributed by atoms with E-state index >= 15 is 0 Å². The van der Waals surface area contributed by atoms with Crippen molar-refractivity contribution in [3.63, 3.8) is 0 Å². The van der Waals surface area contributed by atoms with E-state index in [1.165, 1.54) is 6.20 Å². The molecule has 21 heavy (non-hydrogen) atoms. The molecule has 8 heteroatoms. The summed E-state index contributed by atoms with van der Waals surface area (Å²) in [4.78, 5) is 15.1. The van der Waals surface area contributed by atoms with Crippen molar-refractivity contribution in [2.24, 2.45) is 0 Å². The van der Waals surface area contributed by atoms with Crippen LogP contribution in [0.15, 0.2) is 6.20 Å². The molecule has 2 N–H and O–H groups in total. The first-order chi connectivity index (χ1) is 9.95. The van der Waals surface area contributed by atoms with Crippen LogP contribution in [0, 0.1) is 24.0 Å². The van der Waals surface area contributed by atoms with Crippen LogP contribution < -0.4 is 5.73 Å². The Morgan fingerprint density at radius 2 is 2.14 bits per heavy atom. The average molecular weight is 290 g/mol. The van der Waals surface area contributed by atoms with E-state index in [0.717, 1.165) is 18.5 Å². The van der Waals surface area contributed by atoms with Gasteiger partial charge >= 0.3 is 0 Å². The molecule has 0 radical (unpaired) electrons. The maximum absolute atomic E-state index is 11.1. The van der Waals surface area contributed by atoms with Gasteiger partial charge < -0.3 is 5.73 Å². The topological polar surface area (TPSA) is 113 Å². The van der Waals surface area contributed by atoms with E-state index < -0.39 is 0 Å². The van der Waals surface area contributed by atoms with Crippen molar-refractivity contribution < 1.29 is 4.92 Å². The zero-order valence-electron chi connectivity index (χ0n) is 12.3. The van der Waals surface area contributed by atoms with Crippen molar-refractivity contribution in [1.29, 1.82) is 0 Å². The number of nitrogens with two attached hydrogens (primary N) is 1. The van der Waals surface area contributed by atoms with Gasteiger partial charge in [-0.1, -0.05) is 18.6 Å². The Labute approximate surface area is 122 Å². The Morgan fingerprint density at radius 1 is 1.43 bits per heavy atom. The SMILES string of the molecule is CCCc1c(N)nnn1Cc1ncc(C)c([N+](=O)[O-])c1C. The lowest BCUT2D eigenvalue weighted by molar-refractivity contribution is -0.386. The third kappa shape index (κ3) is 2.83. The Bertz CT molecular complexity index is 680. The number of aryl methyl sites for hydroxylation is 1. The molecule has 0 amide bonds. The molecule has 0 fully saturated rings. The lowest BCUT2D eigenvalue weighted by atomic mass is 10.1. The summed E-state index contributed by atoms with van der Waals surface area (Å²) in [5, 5.41) is 19.0. The van der Waals surface area contributed by atoms with Gasteiger partial charge in [0.1, 0.15) is 0 Å². The fraction of sp³-hybridized carbons (Fsp3) is 0.462. The van der Waals surface area contributed by atoms with Gasteiger partial charge in [-0.2, -0.15) is 0 Å². The highest BCUT2D eigenvalue weighted by Crippen LogP contribution is 2.25. The van der Waals surface area contributed by atoms with Crippen LogP contribution in [-0.4, -0.2) is 24.9 Å². The number of aromatic nitrogens is 4. The van der Waals surface area contributed by atoms with Crippen LogP contribution in [0.4, 0.5) is 11.5 Å². The lowest BCUT2D eigenvalue weighted by Crippen LogP contribution is -2.11. The minimum absolute atomic E-state index is 0.102. The molecule has 0 saturated heterocycles. The minimum Gasteiger partial charge on any atom is -0.381 e. The molecule has 2 rings (SSSR count). The fourth-order valence-corrected chi connectivity index (χ4v) is 2.31. The van der Waals surface area contributed by atoms with Gasteiger partial charge in [-0.05, 0) is 20.3 Å². The second-order valence-corrected chi connectivity index (χ2v) is 4.95. The quantitative estimate of drug-likeness (QED) is 0.663. The van der Waals surface area contributed by atoms with E-state index in [1.54, 1.807) is 18.5 Å². The monoisotopic (exact) mass is 290 g/mol. The van der Waals surface area contributed by atoms with E-state index in [-0.39, 0.29) is 10.6 Å². The molecular weight excluding hydrogens is 272 g/mol. The fourth-order valence-electron chi connectivity index (χ4n) is 2.31. The van der Waals surface area contributed by atoms with Gasteiger partial charge in [0, 0.05) is 11.8 Å². The van der Waals surface area contributed by atoms with Crippen molar-refractivity contribution in [3.05, 3.63) is 38.8 Å². The van der Waals surface area contributed by atoms with Crippen LogP contribution in [0.1, 0.15) is 35.9 Å².